The van der Waals surface area contributed by atoms with Gasteiger partial charge in [0, 0.05) is 26.2 Å². The number of esters is 1. The fourth-order valence-electron chi connectivity index (χ4n) is 2.24. The van der Waals surface area contributed by atoms with E-state index in [1.807, 2.05) is 0 Å². The molecule has 0 saturated carbocycles. The first-order chi connectivity index (χ1) is 8.55. The van der Waals surface area contributed by atoms with E-state index in [0.717, 1.165) is 0 Å². The third-order valence-electron chi connectivity index (χ3n) is 3.31. The van der Waals surface area contributed by atoms with Crippen molar-refractivity contribution in [3.05, 3.63) is 0 Å². The standard InChI is InChI=1S/C10H18N2O5S/c1-16-10(13)9-2-3-12(8-9)18(14,15)11-4-6-17-7-5-11/h9H,2-8H2,1H3. The monoisotopic (exact) mass is 278 g/mol. The normalized spacial score (nSPS) is 27.3. The Morgan fingerprint density at radius 1 is 1.22 bits per heavy atom. The first kappa shape index (κ1) is 13.7. The molecule has 0 aliphatic carbocycles. The van der Waals surface area contributed by atoms with Gasteiger partial charge in [-0.3, -0.25) is 4.79 Å². The molecule has 0 aromatic rings. The second-order valence-corrected chi connectivity index (χ2v) is 6.31. The summed E-state index contributed by atoms with van der Waals surface area (Å²) in [4.78, 5) is 11.4. The van der Waals surface area contributed by atoms with Gasteiger partial charge in [-0.15, -0.1) is 0 Å². The van der Waals surface area contributed by atoms with Crippen LogP contribution >= 0.6 is 0 Å². The van der Waals surface area contributed by atoms with Crippen molar-refractivity contribution in [1.82, 2.24) is 8.61 Å². The molecule has 0 radical (unpaired) electrons. The third-order valence-corrected chi connectivity index (χ3v) is 5.31. The Labute approximate surface area is 107 Å². The summed E-state index contributed by atoms with van der Waals surface area (Å²) in [6.07, 6.45) is 0.524. The van der Waals surface area contributed by atoms with Crippen molar-refractivity contribution in [2.45, 2.75) is 6.42 Å². The van der Waals surface area contributed by atoms with E-state index in [4.69, 9.17) is 4.74 Å². The molecule has 2 fully saturated rings. The van der Waals surface area contributed by atoms with Crippen LogP contribution in [0.5, 0.6) is 0 Å². The summed E-state index contributed by atoms with van der Waals surface area (Å²) in [7, 11) is -2.14. The van der Waals surface area contributed by atoms with Crippen LogP contribution in [-0.4, -0.2) is 69.5 Å². The molecule has 2 aliphatic rings. The van der Waals surface area contributed by atoms with Crippen LogP contribution in [0.1, 0.15) is 6.42 Å². The quantitative estimate of drug-likeness (QED) is 0.623. The first-order valence-corrected chi connectivity index (χ1v) is 7.36. The molecule has 0 spiro atoms. The Morgan fingerprint density at radius 3 is 2.50 bits per heavy atom. The van der Waals surface area contributed by atoms with E-state index >= 15 is 0 Å². The van der Waals surface area contributed by atoms with Crippen molar-refractivity contribution in [1.29, 1.82) is 0 Å². The van der Waals surface area contributed by atoms with Crippen LogP contribution in [-0.2, 0) is 24.5 Å². The Bertz CT molecular complexity index is 404. The van der Waals surface area contributed by atoms with Crippen molar-refractivity contribution < 1.29 is 22.7 Å². The summed E-state index contributed by atoms with van der Waals surface area (Å²) < 4.78 is 37.1. The van der Waals surface area contributed by atoms with Crippen molar-refractivity contribution in [2.24, 2.45) is 5.92 Å². The summed E-state index contributed by atoms with van der Waals surface area (Å²) in [5, 5.41) is 0. The molecule has 1 unspecified atom stereocenters. The Hall–Kier alpha value is -0.700. The maximum atomic E-state index is 12.3. The number of hydrogen-bond donors (Lipinski definition) is 0. The first-order valence-electron chi connectivity index (χ1n) is 5.96. The minimum atomic E-state index is -3.46. The second-order valence-electron chi connectivity index (χ2n) is 4.39. The van der Waals surface area contributed by atoms with Gasteiger partial charge in [-0.05, 0) is 6.42 Å². The van der Waals surface area contributed by atoms with E-state index in [1.165, 1.54) is 15.7 Å². The highest BCUT2D eigenvalue weighted by molar-refractivity contribution is 7.86. The van der Waals surface area contributed by atoms with Gasteiger partial charge in [0.15, 0.2) is 0 Å². The largest absolute Gasteiger partial charge is 0.469 e. The molecule has 1 atom stereocenters. The van der Waals surface area contributed by atoms with Crippen molar-refractivity contribution in [3.8, 4) is 0 Å². The minimum absolute atomic E-state index is 0.215. The number of rotatable bonds is 3. The zero-order valence-electron chi connectivity index (χ0n) is 10.4. The SMILES string of the molecule is COC(=O)C1CCN(S(=O)(=O)N2CCOCC2)C1. The summed E-state index contributed by atoms with van der Waals surface area (Å²) in [5.41, 5.74) is 0. The van der Waals surface area contributed by atoms with Gasteiger partial charge in [-0.2, -0.15) is 17.0 Å². The summed E-state index contributed by atoms with van der Waals surface area (Å²) in [5.74, 6) is -0.680. The molecular formula is C10H18N2O5S. The summed E-state index contributed by atoms with van der Waals surface area (Å²) >= 11 is 0. The van der Waals surface area contributed by atoms with Gasteiger partial charge in [0.25, 0.3) is 10.2 Å². The fourth-order valence-corrected chi connectivity index (χ4v) is 3.88. The van der Waals surface area contributed by atoms with E-state index in [2.05, 4.69) is 4.74 Å². The smallest absolute Gasteiger partial charge is 0.310 e. The van der Waals surface area contributed by atoms with Crippen LogP contribution in [0.25, 0.3) is 0 Å². The van der Waals surface area contributed by atoms with Crippen molar-refractivity contribution >= 4 is 16.2 Å². The molecule has 2 heterocycles. The molecule has 104 valence electrons. The maximum Gasteiger partial charge on any atom is 0.310 e. The van der Waals surface area contributed by atoms with E-state index in [-0.39, 0.29) is 18.4 Å². The van der Waals surface area contributed by atoms with Crippen LogP contribution in [0.2, 0.25) is 0 Å². The molecule has 2 saturated heterocycles. The number of carbonyl (C=O) groups excluding carboxylic acids is 1. The Morgan fingerprint density at radius 2 is 1.89 bits per heavy atom. The molecule has 0 N–H and O–H groups in total. The summed E-state index contributed by atoms with van der Waals surface area (Å²) in [6, 6.07) is 0. The molecule has 8 heteroatoms. The zero-order valence-corrected chi connectivity index (χ0v) is 11.2. The highest BCUT2D eigenvalue weighted by atomic mass is 32.2. The average molecular weight is 278 g/mol. The van der Waals surface area contributed by atoms with Crippen LogP contribution in [0.3, 0.4) is 0 Å². The van der Waals surface area contributed by atoms with E-state index in [1.54, 1.807) is 0 Å². The van der Waals surface area contributed by atoms with Crippen LogP contribution in [0.4, 0.5) is 0 Å². The molecule has 2 aliphatic heterocycles. The maximum absolute atomic E-state index is 12.3. The molecular weight excluding hydrogens is 260 g/mol. The molecule has 2 rings (SSSR count). The number of carbonyl (C=O) groups is 1. The van der Waals surface area contributed by atoms with Crippen molar-refractivity contribution in [3.63, 3.8) is 0 Å². The van der Waals surface area contributed by atoms with Crippen LogP contribution in [0, 0.1) is 5.92 Å². The highest BCUT2D eigenvalue weighted by Gasteiger charge is 2.38. The van der Waals surface area contributed by atoms with E-state index in [9.17, 15) is 13.2 Å². The number of hydrogen-bond acceptors (Lipinski definition) is 5. The van der Waals surface area contributed by atoms with Crippen LogP contribution < -0.4 is 0 Å². The predicted molar refractivity (Wildman–Crippen MR) is 63.0 cm³/mol. The average Bonchev–Trinajstić information content (AvgIpc) is 2.89. The van der Waals surface area contributed by atoms with Gasteiger partial charge in [0.05, 0.1) is 26.2 Å². The second kappa shape index (κ2) is 5.52. The Balaban J connectivity index is 2.01. The lowest BCUT2D eigenvalue weighted by Gasteiger charge is -2.29. The lowest BCUT2D eigenvalue weighted by atomic mass is 10.1. The van der Waals surface area contributed by atoms with Crippen molar-refractivity contribution in [2.75, 3.05) is 46.5 Å². The van der Waals surface area contributed by atoms with Crippen LogP contribution in [0.15, 0.2) is 0 Å². The molecule has 0 bridgehead atoms. The molecule has 0 amide bonds. The number of methoxy groups -OCH3 is 1. The van der Waals surface area contributed by atoms with Gasteiger partial charge >= 0.3 is 5.97 Å². The topological polar surface area (TPSA) is 76.2 Å². The highest BCUT2D eigenvalue weighted by Crippen LogP contribution is 2.22. The van der Waals surface area contributed by atoms with Gasteiger partial charge < -0.3 is 9.47 Å². The predicted octanol–water partition coefficient (Wildman–Crippen LogP) is -0.942. The van der Waals surface area contributed by atoms with E-state index in [0.29, 0.717) is 39.3 Å². The summed E-state index contributed by atoms with van der Waals surface area (Å²) in [6.45, 7) is 2.19. The van der Waals surface area contributed by atoms with Gasteiger partial charge in [-0.1, -0.05) is 0 Å². The Kier molecular flexibility index (Phi) is 4.21. The minimum Gasteiger partial charge on any atom is -0.469 e. The molecule has 0 aromatic heterocycles. The zero-order chi connectivity index (χ0) is 13.2. The number of morpholine rings is 1. The fraction of sp³-hybridized carbons (Fsp3) is 0.900. The third kappa shape index (κ3) is 2.66. The lowest BCUT2D eigenvalue weighted by Crippen LogP contribution is -2.48. The number of nitrogens with zero attached hydrogens (tertiary/aromatic N) is 2. The molecule has 18 heavy (non-hydrogen) atoms. The lowest BCUT2D eigenvalue weighted by molar-refractivity contribution is -0.144. The number of ether oxygens (including phenoxy) is 2. The van der Waals surface area contributed by atoms with E-state index < -0.39 is 10.2 Å². The molecule has 7 nitrogen and oxygen atoms in total. The van der Waals surface area contributed by atoms with Gasteiger partial charge in [-0.25, -0.2) is 0 Å². The van der Waals surface area contributed by atoms with Gasteiger partial charge in [0.2, 0.25) is 0 Å². The molecule has 0 aromatic carbocycles. The van der Waals surface area contributed by atoms with Gasteiger partial charge in [0.1, 0.15) is 0 Å².